The zero-order chi connectivity index (χ0) is 22.5. The molecule has 2 aromatic carbocycles. The van der Waals surface area contributed by atoms with Gasteiger partial charge < -0.3 is 15.0 Å². The van der Waals surface area contributed by atoms with E-state index in [1.54, 1.807) is 0 Å². The van der Waals surface area contributed by atoms with Gasteiger partial charge in [0.25, 0.3) is 11.8 Å². The SMILES string of the molecule is CC1CN(Cc2ccc(C(=O)NCc3ccc(C(=O)N4CCCC4)cc3)cc2)CC(C)O1. The summed E-state index contributed by atoms with van der Waals surface area (Å²) in [6, 6.07) is 15.4. The Bertz CT molecular complexity index is 910. The van der Waals surface area contributed by atoms with E-state index in [0.29, 0.717) is 17.7 Å². The van der Waals surface area contributed by atoms with Gasteiger partial charge in [0, 0.05) is 50.4 Å². The summed E-state index contributed by atoms with van der Waals surface area (Å²) in [5, 5.41) is 2.97. The molecular formula is C26H33N3O3. The number of nitrogens with zero attached hydrogens (tertiary/aromatic N) is 2. The first-order valence-electron chi connectivity index (χ1n) is 11.6. The molecule has 0 saturated carbocycles. The smallest absolute Gasteiger partial charge is 0.253 e. The van der Waals surface area contributed by atoms with Crippen LogP contribution in [0.4, 0.5) is 0 Å². The lowest BCUT2D eigenvalue weighted by Gasteiger charge is -2.35. The molecule has 0 aliphatic carbocycles. The summed E-state index contributed by atoms with van der Waals surface area (Å²) in [4.78, 5) is 29.3. The Kier molecular flexibility index (Phi) is 7.22. The molecule has 2 unspecified atom stereocenters. The number of nitrogens with one attached hydrogen (secondary N) is 1. The van der Waals surface area contributed by atoms with Crippen LogP contribution in [0, 0.1) is 0 Å². The van der Waals surface area contributed by atoms with E-state index < -0.39 is 0 Å². The minimum absolute atomic E-state index is 0.0950. The van der Waals surface area contributed by atoms with Crippen LogP contribution in [-0.4, -0.2) is 60.0 Å². The molecule has 0 aromatic heterocycles. The molecule has 0 bridgehead atoms. The highest BCUT2D eigenvalue weighted by atomic mass is 16.5. The molecule has 6 nitrogen and oxygen atoms in total. The van der Waals surface area contributed by atoms with Crippen molar-refractivity contribution < 1.29 is 14.3 Å². The fourth-order valence-electron chi connectivity index (χ4n) is 4.59. The lowest BCUT2D eigenvalue weighted by Crippen LogP contribution is -2.44. The van der Waals surface area contributed by atoms with E-state index in [0.717, 1.165) is 51.1 Å². The van der Waals surface area contributed by atoms with E-state index in [2.05, 4.69) is 24.1 Å². The van der Waals surface area contributed by atoms with Crippen molar-refractivity contribution in [2.45, 2.75) is 52.0 Å². The van der Waals surface area contributed by atoms with E-state index in [-0.39, 0.29) is 24.0 Å². The number of amides is 2. The van der Waals surface area contributed by atoms with Gasteiger partial charge in [0.05, 0.1) is 12.2 Å². The maximum atomic E-state index is 12.6. The van der Waals surface area contributed by atoms with Crippen molar-refractivity contribution in [1.29, 1.82) is 0 Å². The topological polar surface area (TPSA) is 61.9 Å². The van der Waals surface area contributed by atoms with Gasteiger partial charge in [-0.3, -0.25) is 14.5 Å². The van der Waals surface area contributed by atoms with Gasteiger partial charge in [0.2, 0.25) is 0 Å². The predicted octanol–water partition coefficient (Wildman–Crippen LogP) is 3.46. The Morgan fingerprint density at radius 1 is 0.875 bits per heavy atom. The van der Waals surface area contributed by atoms with E-state index in [9.17, 15) is 9.59 Å². The number of carbonyl (C=O) groups is 2. The molecule has 0 spiro atoms. The van der Waals surface area contributed by atoms with E-state index in [1.807, 2.05) is 53.4 Å². The molecular weight excluding hydrogens is 402 g/mol. The standard InChI is InChI=1S/C26H33N3O3/c1-19-16-28(17-20(2)32-19)18-22-7-9-23(10-8-22)25(30)27-15-21-5-11-24(12-6-21)26(31)29-13-3-4-14-29/h5-12,19-20H,3-4,13-18H2,1-2H3,(H,27,30). The zero-order valence-corrected chi connectivity index (χ0v) is 19.0. The molecule has 170 valence electrons. The fraction of sp³-hybridized carbons (Fsp3) is 0.462. The molecule has 1 N–H and O–H groups in total. The number of rotatable bonds is 6. The highest BCUT2D eigenvalue weighted by Crippen LogP contribution is 2.16. The van der Waals surface area contributed by atoms with E-state index >= 15 is 0 Å². The van der Waals surface area contributed by atoms with E-state index in [1.165, 1.54) is 5.56 Å². The van der Waals surface area contributed by atoms with Crippen molar-refractivity contribution in [2.75, 3.05) is 26.2 Å². The van der Waals surface area contributed by atoms with Gasteiger partial charge in [-0.2, -0.15) is 0 Å². The van der Waals surface area contributed by atoms with Crippen molar-refractivity contribution in [3.05, 3.63) is 70.8 Å². The first-order chi connectivity index (χ1) is 15.5. The second-order valence-corrected chi connectivity index (χ2v) is 9.03. The largest absolute Gasteiger partial charge is 0.373 e. The van der Waals surface area contributed by atoms with Crippen molar-refractivity contribution in [1.82, 2.24) is 15.1 Å². The Morgan fingerprint density at radius 3 is 2.06 bits per heavy atom. The first-order valence-corrected chi connectivity index (χ1v) is 11.6. The summed E-state index contributed by atoms with van der Waals surface area (Å²) in [5.41, 5.74) is 3.53. The predicted molar refractivity (Wildman–Crippen MR) is 124 cm³/mol. The van der Waals surface area contributed by atoms with E-state index in [4.69, 9.17) is 4.74 Å². The maximum Gasteiger partial charge on any atom is 0.253 e. The number of ether oxygens (including phenoxy) is 1. The van der Waals surface area contributed by atoms with Gasteiger partial charge in [-0.1, -0.05) is 24.3 Å². The molecule has 32 heavy (non-hydrogen) atoms. The molecule has 6 heteroatoms. The summed E-state index contributed by atoms with van der Waals surface area (Å²) in [6.07, 6.45) is 2.66. The molecule has 4 rings (SSSR count). The number of carbonyl (C=O) groups excluding carboxylic acids is 2. The van der Waals surface area contributed by atoms with Crippen LogP contribution in [0.15, 0.2) is 48.5 Å². The van der Waals surface area contributed by atoms with Crippen LogP contribution in [0.5, 0.6) is 0 Å². The molecule has 2 amide bonds. The van der Waals surface area contributed by atoms with Gasteiger partial charge in [0.15, 0.2) is 0 Å². The number of likely N-dealkylation sites (tertiary alicyclic amines) is 1. The third-order valence-electron chi connectivity index (χ3n) is 6.16. The summed E-state index contributed by atoms with van der Waals surface area (Å²) in [7, 11) is 0. The second kappa shape index (κ2) is 10.3. The molecule has 2 heterocycles. The molecule has 2 fully saturated rings. The summed E-state index contributed by atoms with van der Waals surface area (Å²) >= 11 is 0. The molecule has 2 atom stereocenters. The normalized spacial score (nSPS) is 21.5. The van der Waals surface area contributed by atoms with Crippen LogP contribution in [-0.2, 0) is 17.8 Å². The van der Waals surface area contributed by atoms with Crippen LogP contribution >= 0.6 is 0 Å². The number of hydrogen-bond acceptors (Lipinski definition) is 4. The average Bonchev–Trinajstić information content (AvgIpc) is 3.32. The number of benzene rings is 2. The van der Waals surface area contributed by atoms with Crippen LogP contribution < -0.4 is 5.32 Å². The maximum absolute atomic E-state index is 12.6. The van der Waals surface area contributed by atoms with Gasteiger partial charge in [-0.05, 0) is 62.1 Å². The van der Waals surface area contributed by atoms with Gasteiger partial charge in [-0.15, -0.1) is 0 Å². The van der Waals surface area contributed by atoms with Crippen molar-refractivity contribution in [2.24, 2.45) is 0 Å². The lowest BCUT2D eigenvalue weighted by molar-refractivity contribution is -0.0704. The van der Waals surface area contributed by atoms with Crippen LogP contribution in [0.3, 0.4) is 0 Å². The first kappa shape index (κ1) is 22.5. The minimum atomic E-state index is -0.0950. The summed E-state index contributed by atoms with van der Waals surface area (Å²) in [5.74, 6) is 0.00144. The number of morpholine rings is 1. The van der Waals surface area contributed by atoms with Gasteiger partial charge >= 0.3 is 0 Å². The highest BCUT2D eigenvalue weighted by molar-refractivity contribution is 5.95. The monoisotopic (exact) mass is 435 g/mol. The summed E-state index contributed by atoms with van der Waals surface area (Å²) < 4.78 is 5.80. The molecule has 2 saturated heterocycles. The van der Waals surface area contributed by atoms with Crippen molar-refractivity contribution in [3.8, 4) is 0 Å². The second-order valence-electron chi connectivity index (χ2n) is 9.03. The Balaban J connectivity index is 1.27. The molecule has 2 aromatic rings. The Morgan fingerprint density at radius 2 is 1.44 bits per heavy atom. The van der Waals surface area contributed by atoms with Crippen LogP contribution in [0.1, 0.15) is 58.5 Å². The third-order valence-corrected chi connectivity index (χ3v) is 6.16. The van der Waals surface area contributed by atoms with Gasteiger partial charge in [-0.25, -0.2) is 0 Å². The quantitative estimate of drug-likeness (QED) is 0.755. The Hall–Kier alpha value is -2.70. The minimum Gasteiger partial charge on any atom is -0.373 e. The Labute approximate surface area is 190 Å². The van der Waals surface area contributed by atoms with Crippen molar-refractivity contribution >= 4 is 11.8 Å². The lowest BCUT2D eigenvalue weighted by atomic mass is 10.1. The fourth-order valence-corrected chi connectivity index (χ4v) is 4.59. The van der Waals surface area contributed by atoms with Crippen LogP contribution in [0.25, 0.3) is 0 Å². The summed E-state index contributed by atoms with van der Waals surface area (Å²) in [6.45, 7) is 9.05. The molecule has 0 radical (unpaired) electrons. The van der Waals surface area contributed by atoms with Crippen molar-refractivity contribution in [3.63, 3.8) is 0 Å². The zero-order valence-electron chi connectivity index (χ0n) is 19.0. The molecule has 2 aliphatic rings. The van der Waals surface area contributed by atoms with Gasteiger partial charge in [0.1, 0.15) is 0 Å². The van der Waals surface area contributed by atoms with Crippen LogP contribution in [0.2, 0.25) is 0 Å². The molecule has 2 aliphatic heterocycles. The average molecular weight is 436 g/mol. The number of hydrogen-bond donors (Lipinski definition) is 1. The third kappa shape index (κ3) is 5.75. The highest BCUT2D eigenvalue weighted by Gasteiger charge is 2.22.